The maximum absolute atomic E-state index is 9.66. The van der Waals surface area contributed by atoms with E-state index in [0.29, 0.717) is 31.1 Å². The van der Waals surface area contributed by atoms with E-state index in [-0.39, 0.29) is 5.89 Å². The molecule has 0 fully saturated rings. The molecule has 2 rings (SSSR count). The Balaban J connectivity index is 2.02. The van der Waals surface area contributed by atoms with Crippen LogP contribution in [0.15, 0.2) is 22.9 Å². The summed E-state index contributed by atoms with van der Waals surface area (Å²) in [5.41, 5.74) is 6.29. The highest BCUT2D eigenvalue weighted by atomic mass is 16.5. The molecular formula is C12H16N4O3. The van der Waals surface area contributed by atoms with Gasteiger partial charge in [0, 0.05) is 18.7 Å². The van der Waals surface area contributed by atoms with E-state index in [1.54, 1.807) is 19.4 Å². The van der Waals surface area contributed by atoms with Gasteiger partial charge >= 0.3 is 0 Å². The Morgan fingerprint density at radius 2 is 2.32 bits per heavy atom. The van der Waals surface area contributed by atoms with Crippen LogP contribution < -0.4 is 10.5 Å². The van der Waals surface area contributed by atoms with Gasteiger partial charge in [0.15, 0.2) is 5.82 Å². The predicted octanol–water partition coefficient (Wildman–Crippen LogP) is 0.446. The lowest BCUT2D eigenvalue weighted by Gasteiger charge is -2.01. The first kappa shape index (κ1) is 13.4. The number of aromatic nitrogens is 3. The fourth-order valence-corrected chi connectivity index (χ4v) is 1.57. The molecule has 0 saturated carbocycles. The lowest BCUT2D eigenvalue weighted by molar-refractivity contribution is 0.127. The van der Waals surface area contributed by atoms with Crippen LogP contribution in [-0.4, -0.2) is 33.9 Å². The average molecular weight is 264 g/mol. The van der Waals surface area contributed by atoms with Gasteiger partial charge in [0.25, 0.3) is 5.89 Å². The number of methoxy groups -OCH3 is 1. The van der Waals surface area contributed by atoms with Gasteiger partial charge in [-0.25, -0.2) is 4.98 Å². The molecule has 0 aromatic carbocycles. The second-order valence-corrected chi connectivity index (χ2v) is 4.03. The number of hydrogen-bond donors (Lipinski definition) is 2. The molecule has 0 aliphatic carbocycles. The molecular weight excluding hydrogens is 248 g/mol. The number of rotatable bonds is 6. The van der Waals surface area contributed by atoms with Crippen LogP contribution in [0.5, 0.6) is 5.88 Å². The third-order valence-electron chi connectivity index (χ3n) is 2.58. The summed E-state index contributed by atoms with van der Waals surface area (Å²) in [6.07, 6.45) is 1.76. The molecule has 7 heteroatoms. The number of aliphatic hydroxyl groups excluding tert-OH is 1. The highest BCUT2D eigenvalue weighted by Gasteiger charge is 2.15. The maximum Gasteiger partial charge on any atom is 0.255 e. The Morgan fingerprint density at radius 1 is 1.47 bits per heavy atom. The molecule has 2 heterocycles. The van der Waals surface area contributed by atoms with Crippen molar-refractivity contribution in [3.05, 3.63) is 35.6 Å². The van der Waals surface area contributed by atoms with Crippen molar-refractivity contribution in [3.63, 3.8) is 0 Å². The zero-order valence-corrected chi connectivity index (χ0v) is 10.6. The summed E-state index contributed by atoms with van der Waals surface area (Å²) in [5, 5.41) is 13.5. The van der Waals surface area contributed by atoms with Gasteiger partial charge in [-0.05, 0) is 18.5 Å². The van der Waals surface area contributed by atoms with E-state index < -0.39 is 6.10 Å². The van der Waals surface area contributed by atoms with E-state index in [1.165, 1.54) is 0 Å². The van der Waals surface area contributed by atoms with Crippen LogP contribution in [0.4, 0.5) is 0 Å². The number of aliphatic hydroxyl groups is 1. The second-order valence-electron chi connectivity index (χ2n) is 4.03. The summed E-state index contributed by atoms with van der Waals surface area (Å²) < 4.78 is 9.96. The average Bonchev–Trinajstić information content (AvgIpc) is 2.88. The Kier molecular flexibility index (Phi) is 4.43. The Bertz CT molecular complexity index is 512. The number of ether oxygens (including phenoxy) is 1. The van der Waals surface area contributed by atoms with Crippen molar-refractivity contribution in [2.75, 3.05) is 13.7 Å². The first-order chi connectivity index (χ1) is 9.22. The van der Waals surface area contributed by atoms with Crippen LogP contribution >= 0.6 is 0 Å². The molecule has 1 unspecified atom stereocenters. The number of nitrogens with zero attached hydrogens (tertiary/aromatic N) is 3. The van der Waals surface area contributed by atoms with Crippen molar-refractivity contribution in [2.24, 2.45) is 5.73 Å². The van der Waals surface area contributed by atoms with E-state index in [9.17, 15) is 5.11 Å². The van der Waals surface area contributed by atoms with Crippen molar-refractivity contribution in [3.8, 4) is 5.88 Å². The van der Waals surface area contributed by atoms with Crippen molar-refractivity contribution >= 4 is 0 Å². The zero-order valence-electron chi connectivity index (χ0n) is 10.6. The topological polar surface area (TPSA) is 107 Å². The lowest BCUT2D eigenvalue weighted by Crippen LogP contribution is -2.07. The van der Waals surface area contributed by atoms with Crippen LogP contribution in [0.2, 0.25) is 0 Å². The van der Waals surface area contributed by atoms with Gasteiger partial charge < -0.3 is 20.1 Å². The minimum atomic E-state index is -0.805. The monoisotopic (exact) mass is 264 g/mol. The second kappa shape index (κ2) is 6.26. The van der Waals surface area contributed by atoms with Crippen molar-refractivity contribution in [2.45, 2.75) is 18.9 Å². The Hall–Kier alpha value is -1.99. The minimum absolute atomic E-state index is 0.196. The molecule has 0 radical (unpaired) electrons. The summed E-state index contributed by atoms with van der Waals surface area (Å²) in [6, 6.07) is 3.64. The number of pyridine rings is 1. The molecule has 102 valence electrons. The predicted molar refractivity (Wildman–Crippen MR) is 66.5 cm³/mol. The molecule has 0 bridgehead atoms. The van der Waals surface area contributed by atoms with Gasteiger partial charge in [0.2, 0.25) is 5.88 Å². The van der Waals surface area contributed by atoms with Gasteiger partial charge in [0.05, 0.1) is 7.11 Å². The number of nitrogens with two attached hydrogens (primary N) is 1. The van der Waals surface area contributed by atoms with Gasteiger partial charge in [0.1, 0.15) is 6.10 Å². The van der Waals surface area contributed by atoms with E-state index in [1.807, 2.05) is 6.07 Å². The van der Waals surface area contributed by atoms with Crippen molar-refractivity contribution < 1.29 is 14.4 Å². The quantitative estimate of drug-likeness (QED) is 0.779. The summed E-state index contributed by atoms with van der Waals surface area (Å²) in [7, 11) is 1.56. The van der Waals surface area contributed by atoms with Crippen LogP contribution in [-0.2, 0) is 6.42 Å². The highest BCUT2D eigenvalue weighted by molar-refractivity contribution is 5.20. The fraction of sp³-hybridized carbons (Fsp3) is 0.417. The van der Waals surface area contributed by atoms with E-state index in [0.717, 1.165) is 5.56 Å². The van der Waals surface area contributed by atoms with Crippen LogP contribution in [0, 0.1) is 0 Å². The van der Waals surface area contributed by atoms with Gasteiger partial charge in [-0.3, -0.25) is 0 Å². The molecule has 0 aliphatic rings. The molecule has 7 nitrogen and oxygen atoms in total. The molecule has 2 aromatic rings. The largest absolute Gasteiger partial charge is 0.481 e. The highest BCUT2D eigenvalue weighted by Crippen LogP contribution is 2.15. The third-order valence-corrected chi connectivity index (χ3v) is 2.58. The van der Waals surface area contributed by atoms with Crippen LogP contribution in [0.1, 0.15) is 29.8 Å². The summed E-state index contributed by atoms with van der Waals surface area (Å²) in [6.45, 7) is 0.362. The van der Waals surface area contributed by atoms with Crippen molar-refractivity contribution in [1.29, 1.82) is 0 Å². The third kappa shape index (κ3) is 3.49. The molecule has 0 aliphatic heterocycles. The molecule has 0 spiro atoms. The Labute approximate surface area is 110 Å². The Morgan fingerprint density at radius 3 is 2.95 bits per heavy atom. The maximum atomic E-state index is 9.66. The normalized spacial score (nSPS) is 12.4. The molecule has 3 N–H and O–H groups in total. The molecule has 0 saturated heterocycles. The van der Waals surface area contributed by atoms with E-state index in [2.05, 4.69) is 15.1 Å². The summed E-state index contributed by atoms with van der Waals surface area (Å²) in [4.78, 5) is 8.21. The SMILES string of the molecule is COc1ccc(Cc2noc(C(O)CCN)n2)cn1. The molecule has 0 amide bonds. The summed E-state index contributed by atoms with van der Waals surface area (Å²) in [5.74, 6) is 1.25. The smallest absolute Gasteiger partial charge is 0.255 e. The zero-order chi connectivity index (χ0) is 13.7. The van der Waals surface area contributed by atoms with E-state index in [4.69, 9.17) is 15.0 Å². The molecule has 19 heavy (non-hydrogen) atoms. The first-order valence-corrected chi connectivity index (χ1v) is 5.92. The lowest BCUT2D eigenvalue weighted by atomic mass is 10.2. The molecule has 2 aromatic heterocycles. The van der Waals surface area contributed by atoms with E-state index >= 15 is 0 Å². The van der Waals surface area contributed by atoms with Crippen molar-refractivity contribution in [1.82, 2.24) is 15.1 Å². The first-order valence-electron chi connectivity index (χ1n) is 5.92. The minimum Gasteiger partial charge on any atom is -0.481 e. The fourth-order valence-electron chi connectivity index (χ4n) is 1.57. The van der Waals surface area contributed by atoms with Gasteiger partial charge in [-0.15, -0.1) is 0 Å². The van der Waals surface area contributed by atoms with Crippen LogP contribution in [0.25, 0.3) is 0 Å². The summed E-state index contributed by atoms with van der Waals surface area (Å²) >= 11 is 0. The standard InChI is InChI=1S/C12H16N4O3/c1-18-11-3-2-8(7-14-11)6-10-15-12(19-16-10)9(17)4-5-13/h2-3,7,9,17H,4-6,13H2,1H3. The van der Waals surface area contributed by atoms with Gasteiger partial charge in [-0.1, -0.05) is 11.2 Å². The van der Waals surface area contributed by atoms with Gasteiger partial charge in [-0.2, -0.15) is 4.98 Å². The molecule has 1 atom stereocenters. The van der Waals surface area contributed by atoms with Crippen LogP contribution in [0.3, 0.4) is 0 Å². The number of hydrogen-bond acceptors (Lipinski definition) is 7.